The largest absolute Gasteiger partial charge is 0.349 e. The molecule has 1 aliphatic carbocycles. The van der Waals surface area contributed by atoms with Gasteiger partial charge in [-0.05, 0) is 55.9 Å². The van der Waals surface area contributed by atoms with Crippen LogP contribution in [0.25, 0.3) is 0 Å². The fraction of sp³-hybridized carbons (Fsp3) is 0.579. The van der Waals surface area contributed by atoms with Gasteiger partial charge >= 0.3 is 0 Å². The third-order valence-electron chi connectivity index (χ3n) is 5.43. The standard InChI is InChI=1S/C19H23FN2O2S/c20-14-3-4-17-15(11-14)16(7-10-25-17)21-18(23)12-5-8-22(9-6-12)19(24)13-1-2-13/h3-4,11-13,16H,1-2,5-10H2,(H,21,23). The number of carbonyl (C=O) groups excluding carboxylic acids is 2. The summed E-state index contributed by atoms with van der Waals surface area (Å²) in [5.74, 6) is 1.19. The minimum absolute atomic E-state index is 0.0464. The first-order valence-corrected chi connectivity index (χ1v) is 10.1. The van der Waals surface area contributed by atoms with Gasteiger partial charge in [0.1, 0.15) is 5.82 Å². The molecule has 2 amide bonds. The summed E-state index contributed by atoms with van der Waals surface area (Å²) in [7, 11) is 0. The summed E-state index contributed by atoms with van der Waals surface area (Å²) in [6.07, 6.45) is 4.32. The van der Waals surface area contributed by atoms with Gasteiger partial charge in [0, 0.05) is 35.6 Å². The molecule has 1 aromatic carbocycles. The Morgan fingerprint density at radius 2 is 1.84 bits per heavy atom. The van der Waals surface area contributed by atoms with E-state index in [0.717, 1.165) is 48.3 Å². The predicted molar refractivity (Wildman–Crippen MR) is 94.7 cm³/mol. The Morgan fingerprint density at radius 3 is 2.56 bits per heavy atom. The number of nitrogens with one attached hydrogen (secondary N) is 1. The van der Waals surface area contributed by atoms with Gasteiger partial charge < -0.3 is 10.2 Å². The highest BCUT2D eigenvalue weighted by molar-refractivity contribution is 7.99. The van der Waals surface area contributed by atoms with Crippen molar-refractivity contribution < 1.29 is 14.0 Å². The van der Waals surface area contributed by atoms with Crippen LogP contribution in [0, 0.1) is 17.7 Å². The molecule has 2 fully saturated rings. The fourth-order valence-electron chi connectivity index (χ4n) is 3.76. The average Bonchev–Trinajstić information content (AvgIpc) is 3.47. The smallest absolute Gasteiger partial charge is 0.225 e. The second kappa shape index (κ2) is 6.98. The lowest BCUT2D eigenvalue weighted by Crippen LogP contribution is -2.44. The summed E-state index contributed by atoms with van der Waals surface area (Å²) < 4.78 is 13.6. The van der Waals surface area contributed by atoms with Crippen molar-refractivity contribution in [2.75, 3.05) is 18.8 Å². The van der Waals surface area contributed by atoms with Crippen molar-refractivity contribution in [3.63, 3.8) is 0 Å². The molecule has 134 valence electrons. The average molecular weight is 362 g/mol. The van der Waals surface area contributed by atoms with E-state index >= 15 is 0 Å². The number of nitrogens with zero attached hydrogens (tertiary/aromatic N) is 1. The van der Waals surface area contributed by atoms with E-state index in [2.05, 4.69) is 5.32 Å². The second-order valence-electron chi connectivity index (χ2n) is 7.25. The zero-order chi connectivity index (χ0) is 17.4. The highest BCUT2D eigenvalue weighted by atomic mass is 32.2. The number of carbonyl (C=O) groups is 2. The van der Waals surface area contributed by atoms with Crippen molar-refractivity contribution in [1.82, 2.24) is 10.2 Å². The van der Waals surface area contributed by atoms with Crippen molar-refractivity contribution in [1.29, 1.82) is 0 Å². The van der Waals surface area contributed by atoms with Crippen molar-refractivity contribution >= 4 is 23.6 Å². The summed E-state index contributed by atoms with van der Waals surface area (Å²) in [5, 5.41) is 3.13. The quantitative estimate of drug-likeness (QED) is 0.899. The maximum Gasteiger partial charge on any atom is 0.225 e. The van der Waals surface area contributed by atoms with E-state index in [1.54, 1.807) is 23.9 Å². The predicted octanol–water partition coefficient (Wildman–Crippen LogP) is 3.13. The van der Waals surface area contributed by atoms with Gasteiger partial charge in [0.25, 0.3) is 0 Å². The number of benzene rings is 1. The molecule has 2 heterocycles. The first-order valence-electron chi connectivity index (χ1n) is 9.13. The Bertz CT molecular complexity index is 684. The zero-order valence-corrected chi connectivity index (χ0v) is 15.0. The van der Waals surface area contributed by atoms with E-state index < -0.39 is 0 Å². The minimum atomic E-state index is -0.257. The van der Waals surface area contributed by atoms with Gasteiger partial charge in [-0.1, -0.05) is 0 Å². The Balaban J connectivity index is 1.35. The lowest BCUT2D eigenvalue weighted by Gasteiger charge is -2.33. The Kier molecular flexibility index (Phi) is 4.71. The first-order chi connectivity index (χ1) is 12.1. The molecule has 2 aliphatic heterocycles. The van der Waals surface area contributed by atoms with Gasteiger partial charge in [-0.15, -0.1) is 11.8 Å². The molecule has 3 aliphatic rings. The van der Waals surface area contributed by atoms with Crippen LogP contribution in [-0.2, 0) is 9.59 Å². The Labute approximate surface area is 151 Å². The molecule has 1 atom stereocenters. The summed E-state index contributed by atoms with van der Waals surface area (Å²) in [6.45, 7) is 1.36. The van der Waals surface area contributed by atoms with Gasteiger partial charge in [-0.25, -0.2) is 4.39 Å². The molecule has 4 rings (SSSR count). The molecule has 6 heteroatoms. The summed E-state index contributed by atoms with van der Waals surface area (Å²) in [6, 6.07) is 4.72. The number of thioether (sulfide) groups is 1. The number of piperidine rings is 1. The van der Waals surface area contributed by atoms with Crippen LogP contribution in [0.1, 0.15) is 43.7 Å². The number of hydrogen-bond acceptors (Lipinski definition) is 3. The summed E-state index contributed by atoms with van der Waals surface area (Å²) >= 11 is 1.71. The second-order valence-corrected chi connectivity index (χ2v) is 8.39. The molecule has 25 heavy (non-hydrogen) atoms. The van der Waals surface area contributed by atoms with Gasteiger partial charge in [0.2, 0.25) is 11.8 Å². The molecule has 1 aromatic rings. The van der Waals surface area contributed by atoms with Crippen molar-refractivity contribution in [2.24, 2.45) is 11.8 Å². The normalized spacial score (nSPS) is 23.9. The monoisotopic (exact) mass is 362 g/mol. The van der Waals surface area contributed by atoms with Crippen LogP contribution in [0.2, 0.25) is 0 Å². The number of likely N-dealkylation sites (tertiary alicyclic amines) is 1. The third kappa shape index (κ3) is 3.68. The van der Waals surface area contributed by atoms with Crippen LogP contribution in [0.3, 0.4) is 0 Å². The van der Waals surface area contributed by atoms with E-state index in [9.17, 15) is 14.0 Å². The Hall–Kier alpha value is -1.56. The summed E-state index contributed by atoms with van der Waals surface area (Å²) in [4.78, 5) is 27.8. The van der Waals surface area contributed by atoms with Gasteiger partial charge in [0.15, 0.2) is 0 Å². The third-order valence-corrected chi connectivity index (χ3v) is 6.55. The van der Waals surface area contributed by atoms with Gasteiger partial charge in [0.05, 0.1) is 6.04 Å². The van der Waals surface area contributed by atoms with Crippen LogP contribution >= 0.6 is 11.8 Å². The van der Waals surface area contributed by atoms with Crippen LogP contribution < -0.4 is 5.32 Å². The lowest BCUT2D eigenvalue weighted by molar-refractivity contribution is -0.136. The molecule has 1 unspecified atom stereocenters. The highest BCUT2D eigenvalue weighted by Crippen LogP contribution is 2.37. The topological polar surface area (TPSA) is 49.4 Å². The van der Waals surface area contributed by atoms with Crippen molar-refractivity contribution in [3.8, 4) is 0 Å². The van der Waals surface area contributed by atoms with Crippen LogP contribution in [-0.4, -0.2) is 35.6 Å². The molecule has 0 spiro atoms. The zero-order valence-electron chi connectivity index (χ0n) is 14.2. The molecule has 4 nitrogen and oxygen atoms in total. The number of hydrogen-bond donors (Lipinski definition) is 1. The van der Waals surface area contributed by atoms with E-state index in [1.807, 2.05) is 4.90 Å². The molecular formula is C19H23FN2O2S. The molecule has 1 saturated heterocycles. The lowest BCUT2D eigenvalue weighted by atomic mass is 9.94. The van der Waals surface area contributed by atoms with Crippen LogP contribution in [0.5, 0.6) is 0 Å². The molecule has 1 N–H and O–H groups in total. The first kappa shape index (κ1) is 16.9. The van der Waals surface area contributed by atoms with Crippen molar-refractivity contribution in [3.05, 3.63) is 29.6 Å². The summed E-state index contributed by atoms with van der Waals surface area (Å²) in [5.41, 5.74) is 0.894. The molecular weight excluding hydrogens is 339 g/mol. The number of fused-ring (bicyclic) bond motifs is 1. The number of rotatable bonds is 3. The molecule has 0 aromatic heterocycles. The van der Waals surface area contributed by atoms with Crippen molar-refractivity contribution in [2.45, 2.75) is 43.0 Å². The molecule has 1 saturated carbocycles. The van der Waals surface area contributed by atoms with E-state index in [4.69, 9.17) is 0 Å². The maximum atomic E-state index is 13.6. The van der Waals surface area contributed by atoms with E-state index in [1.165, 1.54) is 6.07 Å². The van der Waals surface area contributed by atoms with E-state index in [0.29, 0.717) is 13.1 Å². The molecule has 0 radical (unpaired) electrons. The fourth-order valence-corrected chi connectivity index (χ4v) is 4.86. The van der Waals surface area contributed by atoms with Crippen LogP contribution in [0.15, 0.2) is 23.1 Å². The SMILES string of the molecule is O=C(NC1CCSc2ccc(F)cc21)C1CCN(C(=O)C2CC2)CC1. The minimum Gasteiger partial charge on any atom is -0.349 e. The highest BCUT2D eigenvalue weighted by Gasteiger charge is 2.36. The van der Waals surface area contributed by atoms with Gasteiger partial charge in [-0.3, -0.25) is 9.59 Å². The van der Waals surface area contributed by atoms with Gasteiger partial charge in [-0.2, -0.15) is 0 Å². The van der Waals surface area contributed by atoms with Crippen LogP contribution in [0.4, 0.5) is 4.39 Å². The van der Waals surface area contributed by atoms with E-state index in [-0.39, 0.29) is 35.5 Å². The Morgan fingerprint density at radius 1 is 1.08 bits per heavy atom. The molecule has 0 bridgehead atoms. The number of halogens is 1. The number of amides is 2. The maximum absolute atomic E-state index is 13.6.